The highest BCUT2D eigenvalue weighted by Crippen LogP contribution is 2.38. The van der Waals surface area contributed by atoms with Crippen LogP contribution >= 0.6 is 0 Å². The van der Waals surface area contributed by atoms with Gasteiger partial charge in [0, 0.05) is 8.07 Å². The molecule has 0 rings (SSSR count). The van der Waals surface area contributed by atoms with Crippen LogP contribution < -0.4 is 0 Å². The minimum atomic E-state index is -0.941. The van der Waals surface area contributed by atoms with Gasteiger partial charge >= 0.3 is 0 Å². The van der Waals surface area contributed by atoms with Crippen LogP contribution in [-0.4, -0.2) is 8.07 Å². The van der Waals surface area contributed by atoms with Gasteiger partial charge in [0.15, 0.2) is 0 Å². The molecule has 0 aromatic rings. The summed E-state index contributed by atoms with van der Waals surface area (Å²) >= 11 is 0. The molecule has 0 saturated heterocycles. The van der Waals surface area contributed by atoms with Crippen LogP contribution in [0.25, 0.3) is 0 Å². The molecule has 0 N–H and O–H groups in total. The van der Waals surface area contributed by atoms with Crippen molar-refractivity contribution < 1.29 is 0 Å². The third-order valence-electron chi connectivity index (χ3n) is 3.94. The lowest BCUT2D eigenvalue weighted by molar-refractivity contribution is 0.312. The van der Waals surface area contributed by atoms with E-state index in [2.05, 4.69) is 67.8 Å². The summed E-state index contributed by atoms with van der Waals surface area (Å²) < 4.78 is 0. The Morgan fingerprint density at radius 3 is 1.74 bits per heavy atom. The second kappa shape index (κ2) is 6.61. The number of rotatable bonds is 6. The van der Waals surface area contributed by atoms with Crippen molar-refractivity contribution in [2.24, 2.45) is 16.7 Å². The van der Waals surface area contributed by atoms with Gasteiger partial charge in [-0.3, -0.25) is 0 Å². The van der Waals surface area contributed by atoms with Gasteiger partial charge in [-0.1, -0.05) is 79.4 Å². The third-order valence-corrected chi connectivity index (χ3v) is 5.73. The summed E-state index contributed by atoms with van der Waals surface area (Å²) in [5.41, 5.74) is 2.16. The Labute approximate surface area is 124 Å². The van der Waals surface area contributed by atoms with Crippen LogP contribution in [0, 0.1) is 16.7 Å². The molecular formula is C18H38Si. The summed E-state index contributed by atoms with van der Waals surface area (Å²) in [6.45, 7) is 25.9. The van der Waals surface area contributed by atoms with E-state index >= 15 is 0 Å². The van der Waals surface area contributed by atoms with Crippen molar-refractivity contribution in [3.05, 3.63) is 12.2 Å². The van der Waals surface area contributed by atoms with E-state index in [0.29, 0.717) is 11.3 Å². The van der Waals surface area contributed by atoms with Crippen LogP contribution in [-0.2, 0) is 0 Å². The molecule has 0 aromatic heterocycles. The monoisotopic (exact) mass is 282 g/mol. The molecule has 1 atom stereocenters. The van der Waals surface area contributed by atoms with E-state index in [4.69, 9.17) is 0 Å². The lowest BCUT2D eigenvalue weighted by Crippen LogP contribution is -2.24. The van der Waals surface area contributed by atoms with Crippen LogP contribution in [0.1, 0.15) is 60.8 Å². The second-order valence-corrected chi connectivity index (χ2v) is 15.3. The predicted octanol–water partition coefficient (Wildman–Crippen LogP) is 6.76. The highest BCUT2D eigenvalue weighted by molar-refractivity contribution is 6.76. The standard InChI is InChI=1S/C18H38Si/c1-15(18(5,6)7)16(11-13-17(2,3)4)12-14-19(8,9)10/h16H,1,11-14H2,2-10H3. The average Bonchev–Trinajstić information content (AvgIpc) is 2.12. The molecule has 0 heterocycles. The molecule has 1 heteroatoms. The van der Waals surface area contributed by atoms with E-state index in [1.165, 1.54) is 30.9 Å². The molecule has 0 aliphatic heterocycles. The summed E-state index contributed by atoms with van der Waals surface area (Å²) in [5.74, 6) is 0.714. The number of hydrogen-bond donors (Lipinski definition) is 0. The number of allylic oxidation sites excluding steroid dienone is 1. The van der Waals surface area contributed by atoms with E-state index in [1.807, 2.05) is 0 Å². The Kier molecular flexibility index (Phi) is 6.59. The summed E-state index contributed by atoms with van der Waals surface area (Å²) in [5, 5.41) is 0. The molecule has 0 fully saturated rings. The molecule has 114 valence electrons. The van der Waals surface area contributed by atoms with E-state index in [1.54, 1.807) is 0 Å². The predicted molar refractivity (Wildman–Crippen MR) is 93.5 cm³/mol. The Morgan fingerprint density at radius 2 is 1.42 bits per heavy atom. The fourth-order valence-electron chi connectivity index (χ4n) is 2.32. The smallest absolute Gasteiger partial charge is 0.0442 e. The molecule has 1 unspecified atom stereocenters. The van der Waals surface area contributed by atoms with Crippen molar-refractivity contribution in [2.45, 2.75) is 86.5 Å². The maximum Gasteiger partial charge on any atom is 0.0442 e. The molecule has 0 aliphatic rings. The van der Waals surface area contributed by atoms with Gasteiger partial charge in [-0.15, -0.1) is 0 Å². The first-order chi connectivity index (χ1) is 8.22. The van der Waals surface area contributed by atoms with E-state index < -0.39 is 8.07 Å². The quantitative estimate of drug-likeness (QED) is 0.373. The van der Waals surface area contributed by atoms with Crippen molar-refractivity contribution in [3.63, 3.8) is 0 Å². The first kappa shape index (κ1) is 19.0. The fraction of sp³-hybridized carbons (Fsp3) is 0.889. The Balaban J connectivity index is 4.70. The Bertz CT molecular complexity index is 262. The molecule has 0 amide bonds. The van der Waals surface area contributed by atoms with Gasteiger partial charge in [0.1, 0.15) is 0 Å². The van der Waals surface area contributed by atoms with Crippen LogP contribution in [0.3, 0.4) is 0 Å². The summed E-state index contributed by atoms with van der Waals surface area (Å²) in [6.07, 6.45) is 3.96. The normalized spacial score (nSPS) is 15.4. The molecule has 0 nitrogen and oxygen atoms in total. The summed E-state index contributed by atoms with van der Waals surface area (Å²) in [4.78, 5) is 0. The first-order valence-electron chi connectivity index (χ1n) is 7.92. The number of hydrogen-bond acceptors (Lipinski definition) is 0. The SMILES string of the molecule is C=C(C(CCC(C)(C)C)CC[Si](C)(C)C)C(C)(C)C. The van der Waals surface area contributed by atoms with Gasteiger partial charge < -0.3 is 0 Å². The summed E-state index contributed by atoms with van der Waals surface area (Å²) in [7, 11) is -0.941. The Hall–Kier alpha value is -0.0431. The van der Waals surface area contributed by atoms with Gasteiger partial charge in [-0.2, -0.15) is 0 Å². The zero-order chi connectivity index (χ0) is 15.5. The van der Waals surface area contributed by atoms with Gasteiger partial charge in [0.05, 0.1) is 0 Å². The van der Waals surface area contributed by atoms with Crippen LogP contribution in [0.5, 0.6) is 0 Å². The molecule has 19 heavy (non-hydrogen) atoms. The highest BCUT2D eigenvalue weighted by Gasteiger charge is 2.26. The van der Waals surface area contributed by atoms with Crippen LogP contribution in [0.2, 0.25) is 25.7 Å². The molecule has 0 spiro atoms. The summed E-state index contributed by atoms with van der Waals surface area (Å²) in [6, 6.07) is 1.43. The van der Waals surface area contributed by atoms with Gasteiger partial charge in [-0.25, -0.2) is 0 Å². The zero-order valence-electron chi connectivity index (χ0n) is 15.1. The minimum Gasteiger partial charge on any atom is -0.0991 e. The van der Waals surface area contributed by atoms with Crippen molar-refractivity contribution in [2.75, 3.05) is 0 Å². The average molecular weight is 283 g/mol. The molecule has 0 radical (unpaired) electrons. The van der Waals surface area contributed by atoms with Crippen molar-refractivity contribution in [1.29, 1.82) is 0 Å². The van der Waals surface area contributed by atoms with E-state index in [9.17, 15) is 0 Å². The van der Waals surface area contributed by atoms with Gasteiger partial charge in [0.25, 0.3) is 0 Å². The van der Waals surface area contributed by atoms with Crippen LogP contribution in [0.4, 0.5) is 0 Å². The maximum absolute atomic E-state index is 4.44. The lowest BCUT2D eigenvalue weighted by atomic mass is 9.75. The van der Waals surface area contributed by atoms with Crippen LogP contribution in [0.15, 0.2) is 12.2 Å². The topological polar surface area (TPSA) is 0 Å². The van der Waals surface area contributed by atoms with Crippen molar-refractivity contribution in [1.82, 2.24) is 0 Å². The molecule has 0 saturated carbocycles. The second-order valence-electron chi connectivity index (χ2n) is 9.67. The van der Waals surface area contributed by atoms with E-state index in [0.717, 1.165) is 0 Å². The van der Waals surface area contributed by atoms with E-state index in [-0.39, 0.29) is 5.41 Å². The maximum atomic E-state index is 4.44. The highest BCUT2D eigenvalue weighted by atomic mass is 28.3. The first-order valence-corrected chi connectivity index (χ1v) is 11.6. The van der Waals surface area contributed by atoms with Crippen molar-refractivity contribution in [3.8, 4) is 0 Å². The molecule has 0 aliphatic carbocycles. The fourth-order valence-corrected chi connectivity index (χ4v) is 3.53. The molecule has 0 bridgehead atoms. The minimum absolute atomic E-state index is 0.252. The van der Waals surface area contributed by atoms with Gasteiger partial charge in [0.2, 0.25) is 0 Å². The lowest BCUT2D eigenvalue weighted by Gasteiger charge is -2.33. The zero-order valence-corrected chi connectivity index (χ0v) is 16.1. The Morgan fingerprint density at radius 1 is 0.947 bits per heavy atom. The van der Waals surface area contributed by atoms with Crippen molar-refractivity contribution >= 4 is 8.07 Å². The third kappa shape index (κ3) is 9.48. The van der Waals surface area contributed by atoms with Gasteiger partial charge in [-0.05, 0) is 36.0 Å². The molecule has 0 aromatic carbocycles. The largest absolute Gasteiger partial charge is 0.0991 e. The molecular weight excluding hydrogens is 244 g/mol.